The van der Waals surface area contributed by atoms with Gasteiger partial charge in [-0.05, 0) is 51.5 Å². The average Bonchev–Trinajstić information content (AvgIpc) is 3.01. The third kappa shape index (κ3) is 4.41. The minimum Gasteiger partial charge on any atom is -0.333 e. The summed E-state index contributed by atoms with van der Waals surface area (Å²) >= 11 is 0. The van der Waals surface area contributed by atoms with E-state index >= 15 is 0 Å². The number of carbonyl (C=O) groups is 3. The van der Waals surface area contributed by atoms with Gasteiger partial charge < -0.3 is 9.88 Å². The molecule has 0 bridgehead atoms. The molecule has 0 radical (unpaired) electrons. The van der Waals surface area contributed by atoms with Gasteiger partial charge in [0.05, 0.1) is 28.6 Å². The molecule has 3 aromatic rings. The molecule has 1 aliphatic heterocycles. The minimum atomic E-state index is -0.318. The summed E-state index contributed by atoms with van der Waals surface area (Å²) in [5, 5.41) is 0.500. The summed E-state index contributed by atoms with van der Waals surface area (Å²) in [7, 11) is 0. The average molecular weight is 447 g/mol. The van der Waals surface area contributed by atoms with Crippen LogP contribution in [-0.4, -0.2) is 50.1 Å². The molecule has 0 atom stereocenters. The van der Waals surface area contributed by atoms with E-state index in [1.807, 2.05) is 32.9 Å². The number of hydrogen-bond acceptors (Lipinski definition) is 5. The van der Waals surface area contributed by atoms with Crippen molar-refractivity contribution in [1.29, 1.82) is 0 Å². The van der Waals surface area contributed by atoms with Crippen LogP contribution >= 0.6 is 0 Å². The van der Waals surface area contributed by atoms with Gasteiger partial charge in [-0.3, -0.25) is 24.1 Å². The second kappa shape index (κ2) is 8.97. The lowest BCUT2D eigenvalue weighted by Gasteiger charge is -2.26. The zero-order chi connectivity index (χ0) is 23.7. The minimum absolute atomic E-state index is 0.114. The second-order valence-electron chi connectivity index (χ2n) is 8.56. The molecule has 8 heteroatoms. The highest BCUT2D eigenvalue weighted by Gasteiger charge is 2.35. The lowest BCUT2D eigenvalue weighted by Crippen LogP contribution is -2.38. The molecular weight excluding hydrogens is 420 g/mol. The zero-order valence-electron chi connectivity index (χ0n) is 18.9. The predicted octanol–water partition coefficient (Wildman–Crippen LogP) is 3.04. The highest BCUT2D eigenvalue weighted by Crippen LogP contribution is 2.24. The Morgan fingerprint density at radius 1 is 1.06 bits per heavy atom. The number of fused-ring (bicyclic) bond motifs is 2. The number of nitrogens with zero attached hydrogens (tertiary/aromatic N) is 3. The van der Waals surface area contributed by atoms with E-state index in [2.05, 4.69) is 9.97 Å². The number of benzene rings is 2. The van der Waals surface area contributed by atoms with Crippen molar-refractivity contribution in [3.63, 3.8) is 0 Å². The Morgan fingerprint density at radius 3 is 2.55 bits per heavy atom. The Labute approximate surface area is 191 Å². The van der Waals surface area contributed by atoms with Crippen LogP contribution in [0, 0.1) is 6.92 Å². The van der Waals surface area contributed by atoms with Crippen LogP contribution in [0.25, 0.3) is 10.9 Å². The van der Waals surface area contributed by atoms with Crippen molar-refractivity contribution in [2.45, 2.75) is 46.2 Å². The van der Waals surface area contributed by atoms with Crippen LogP contribution in [0.1, 0.15) is 58.8 Å². The zero-order valence-corrected chi connectivity index (χ0v) is 18.9. The number of aromatic amines is 1. The van der Waals surface area contributed by atoms with E-state index in [0.717, 1.165) is 5.56 Å². The van der Waals surface area contributed by atoms with Crippen molar-refractivity contribution < 1.29 is 14.4 Å². The van der Waals surface area contributed by atoms with Crippen LogP contribution in [0.2, 0.25) is 0 Å². The predicted molar refractivity (Wildman–Crippen MR) is 124 cm³/mol. The molecular formula is C25H26N4O4. The summed E-state index contributed by atoms with van der Waals surface area (Å²) in [6, 6.07) is 12.1. The Kier molecular flexibility index (Phi) is 6.09. The number of imide groups is 1. The number of hydrogen-bond donors (Lipinski definition) is 1. The van der Waals surface area contributed by atoms with E-state index in [4.69, 9.17) is 0 Å². The smallest absolute Gasteiger partial charge is 0.261 e. The number of rotatable bonds is 7. The van der Waals surface area contributed by atoms with Crippen molar-refractivity contribution in [3.05, 3.63) is 75.3 Å². The number of amides is 3. The van der Waals surface area contributed by atoms with Crippen LogP contribution in [0.5, 0.6) is 0 Å². The lowest BCUT2D eigenvalue weighted by atomic mass is 10.1. The monoisotopic (exact) mass is 446 g/mol. The Bertz CT molecular complexity index is 1310. The molecule has 2 heterocycles. The normalized spacial score (nSPS) is 13.2. The van der Waals surface area contributed by atoms with Crippen LogP contribution in [0.15, 0.2) is 47.3 Å². The lowest BCUT2D eigenvalue weighted by molar-refractivity contribution is -0.133. The van der Waals surface area contributed by atoms with Gasteiger partial charge in [0, 0.05) is 19.0 Å². The van der Waals surface area contributed by atoms with Gasteiger partial charge in [0.15, 0.2) is 0 Å². The van der Waals surface area contributed by atoms with Gasteiger partial charge in [-0.15, -0.1) is 0 Å². The van der Waals surface area contributed by atoms with Gasteiger partial charge in [-0.1, -0.05) is 23.8 Å². The molecule has 1 aliphatic rings. The fourth-order valence-electron chi connectivity index (χ4n) is 4.07. The Morgan fingerprint density at radius 2 is 1.79 bits per heavy atom. The maximum Gasteiger partial charge on any atom is 0.261 e. The molecule has 1 N–H and O–H groups in total. The first-order valence-electron chi connectivity index (χ1n) is 11.0. The van der Waals surface area contributed by atoms with E-state index in [1.54, 1.807) is 35.2 Å². The van der Waals surface area contributed by atoms with Gasteiger partial charge in [0.25, 0.3) is 17.4 Å². The molecule has 33 heavy (non-hydrogen) atoms. The molecule has 0 aliphatic carbocycles. The Hall–Kier alpha value is -3.81. The molecule has 0 saturated carbocycles. The van der Waals surface area contributed by atoms with Gasteiger partial charge in [0.2, 0.25) is 5.91 Å². The fourth-order valence-corrected chi connectivity index (χ4v) is 4.07. The molecule has 8 nitrogen and oxygen atoms in total. The third-order valence-corrected chi connectivity index (χ3v) is 5.82. The molecule has 0 fully saturated rings. The summed E-state index contributed by atoms with van der Waals surface area (Å²) in [6.45, 7) is 6.00. The number of nitrogens with one attached hydrogen (secondary N) is 1. The second-order valence-corrected chi connectivity index (χ2v) is 8.56. The van der Waals surface area contributed by atoms with Crippen LogP contribution < -0.4 is 5.56 Å². The van der Waals surface area contributed by atoms with Crippen molar-refractivity contribution in [3.8, 4) is 0 Å². The first-order valence-corrected chi connectivity index (χ1v) is 11.0. The molecule has 0 unspecified atom stereocenters. The summed E-state index contributed by atoms with van der Waals surface area (Å²) < 4.78 is 0. The highest BCUT2D eigenvalue weighted by molar-refractivity contribution is 6.21. The first kappa shape index (κ1) is 22.4. The summed E-state index contributed by atoms with van der Waals surface area (Å²) in [5.74, 6) is -0.351. The molecule has 2 aromatic carbocycles. The van der Waals surface area contributed by atoms with Gasteiger partial charge in [0.1, 0.15) is 5.82 Å². The number of H-pyrrole nitrogens is 1. The summed E-state index contributed by atoms with van der Waals surface area (Å²) in [4.78, 5) is 60.6. The number of para-hydroxylation sites is 1. The number of carbonyl (C=O) groups excluding carboxylic acids is 3. The van der Waals surface area contributed by atoms with Gasteiger partial charge in [-0.25, -0.2) is 4.98 Å². The quantitative estimate of drug-likeness (QED) is 0.562. The number of aryl methyl sites for hydroxylation is 1. The summed E-state index contributed by atoms with van der Waals surface area (Å²) in [6.07, 6.45) is 0.524. The molecule has 3 amide bonds. The maximum atomic E-state index is 13.0. The highest BCUT2D eigenvalue weighted by atomic mass is 16.2. The molecule has 170 valence electrons. The number of aromatic nitrogens is 2. The molecule has 0 spiro atoms. The van der Waals surface area contributed by atoms with E-state index < -0.39 is 0 Å². The first-order chi connectivity index (χ1) is 15.8. The van der Waals surface area contributed by atoms with Gasteiger partial charge >= 0.3 is 0 Å². The van der Waals surface area contributed by atoms with Crippen molar-refractivity contribution in [2.75, 3.05) is 6.54 Å². The topological polar surface area (TPSA) is 103 Å². The van der Waals surface area contributed by atoms with Crippen molar-refractivity contribution in [1.82, 2.24) is 19.8 Å². The van der Waals surface area contributed by atoms with Crippen LogP contribution in [0.3, 0.4) is 0 Å². The molecule has 0 saturated heterocycles. The SMILES string of the molecule is Cc1ccc2c(c1)C(=O)N(CCCC(=O)N(Cc1nc3ccccc3c(=O)[nH]1)C(C)C)C2=O. The van der Waals surface area contributed by atoms with Crippen molar-refractivity contribution in [2.24, 2.45) is 0 Å². The van der Waals surface area contributed by atoms with E-state index in [0.29, 0.717) is 34.3 Å². The van der Waals surface area contributed by atoms with E-state index in [9.17, 15) is 19.2 Å². The third-order valence-electron chi connectivity index (χ3n) is 5.82. The largest absolute Gasteiger partial charge is 0.333 e. The van der Waals surface area contributed by atoms with Crippen molar-refractivity contribution >= 4 is 28.6 Å². The summed E-state index contributed by atoms with van der Waals surface area (Å²) in [5.41, 5.74) is 2.08. The van der Waals surface area contributed by atoms with Crippen LogP contribution in [-0.2, 0) is 11.3 Å². The van der Waals surface area contributed by atoms with Gasteiger partial charge in [-0.2, -0.15) is 0 Å². The molecule has 4 rings (SSSR count). The Balaban J connectivity index is 1.41. The van der Waals surface area contributed by atoms with E-state index in [1.165, 1.54) is 4.90 Å². The van der Waals surface area contributed by atoms with E-state index in [-0.39, 0.29) is 48.8 Å². The standard InChI is InChI=1S/C25H26N4O4/c1-15(2)29(14-21-26-20-8-5-4-7-18(20)23(31)27-21)22(30)9-6-12-28-24(32)17-11-10-16(3)13-19(17)25(28)33/h4-5,7-8,10-11,13,15H,6,9,12,14H2,1-3H3,(H,26,27,31). The fraction of sp³-hybridized carbons (Fsp3) is 0.320. The molecule has 1 aromatic heterocycles. The maximum absolute atomic E-state index is 13.0. The van der Waals surface area contributed by atoms with Crippen LogP contribution in [0.4, 0.5) is 0 Å².